The topological polar surface area (TPSA) is 83.5 Å². The molecule has 7 nitrogen and oxygen atoms in total. The van der Waals surface area contributed by atoms with Crippen molar-refractivity contribution >= 4 is 5.78 Å². The summed E-state index contributed by atoms with van der Waals surface area (Å²) in [7, 11) is 4.52. The normalized spacial score (nSPS) is 33.9. The first kappa shape index (κ1) is 18.4. The number of hydrogen-bond acceptors (Lipinski definition) is 7. The van der Waals surface area contributed by atoms with Crippen LogP contribution in [0.25, 0.3) is 0 Å². The van der Waals surface area contributed by atoms with E-state index in [2.05, 4.69) is 6.92 Å². The first-order valence-electron chi connectivity index (χ1n) is 9.64. The van der Waals surface area contributed by atoms with Gasteiger partial charge in [-0.2, -0.15) is 0 Å². The molecule has 4 aliphatic rings. The maximum absolute atomic E-state index is 14.1. The lowest BCUT2D eigenvalue weighted by Gasteiger charge is -2.43. The smallest absolute Gasteiger partial charge is 0.231 e. The van der Waals surface area contributed by atoms with E-state index < -0.39 is 16.9 Å². The zero-order chi connectivity index (χ0) is 20.7. The van der Waals surface area contributed by atoms with E-state index in [1.807, 2.05) is 13.0 Å². The molecule has 1 N–H and O–H groups in total. The van der Waals surface area contributed by atoms with E-state index in [1.165, 1.54) is 14.2 Å². The van der Waals surface area contributed by atoms with Crippen LogP contribution in [-0.4, -0.2) is 39.0 Å². The Labute approximate surface area is 168 Å². The quantitative estimate of drug-likeness (QED) is 0.835. The highest BCUT2D eigenvalue weighted by molar-refractivity contribution is 6.10. The van der Waals surface area contributed by atoms with Gasteiger partial charge in [0.15, 0.2) is 17.3 Å². The molecule has 1 aromatic carbocycles. The maximum atomic E-state index is 14.1. The first-order chi connectivity index (χ1) is 13.9. The van der Waals surface area contributed by atoms with Crippen LogP contribution in [0, 0.1) is 11.3 Å². The lowest BCUT2D eigenvalue weighted by Crippen LogP contribution is -2.50. The molecule has 5 rings (SSSR count). The number of methoxy groups -OCH3 is 3. The molecule has 4 atom stereocenters. The van der Waals surface area contributed by atoms with E-state index >= 15 is 0 Å². The minimum absolute atomic E-state index is 0.0239. The number of hydrogen-bond donors (Lipinski definition) is 1. The molecule has 0 unspecified atom stereocenters. The van der Waals surface area contributed by atoms with Crippen molar-refractivity contribution in [3.05, 3.63) is 40.4 Å². The summed E-state index contributed by atoms with van der Waals surface area (Å²) in [5, 5.41) is 11.5. The molecule has 1 spiro atoms. The number of carbonyl (C=O) groups excluding carboxylic acids is 1. The summed E-state index contributed by atoms with van der Waals surface area (Å²) < 4.78 is 28.0. The summed E-state index contributed by atoms with van der Waals surface area (Å²) in [4.78, 5) is 14.1. The van der Waals surface area contributed by atoms with E-state index in [4.69, 9.17) is 23.7 Å². The zero-order valence-electron chi connectivity index (χ0n) is 17.1. The molecule has 1 aliphatic heterocycles. The van der Waals surface area contributed by atoms with Gasteiger partial charge in [0.1, 0.15) is 0 Å². The number of aliphatic hydroxyl groups excluding tert-OH is 1. The zero-order valence-corrected chi connectivity index (χ0v) is 17.1. The summed E-state index contributed by atoms with van der Waals surface area (Å²) in [6.07, 6.45) is 1.65. The highest BCUT2D eigenvalue weighted by Crippen LogP contribution is 2.74. The van der Waals surface area contributed by atoms with Crippen LogP contribution in [0.4, 0.5) is 0 Å². The second kappa shape index (κ2) is 5.69. The van der Waals surface area contributed by atoms with Crippen LogP contribution in [-0.2, 0) is 19.7 Å². The minimum Gasteiger partial charge on any atom is -0.493 e. The van der Waals surface area contributed by atoms with Gasteiger partial charge in [-0.15, -0.1) is 0 Å². The van der Waals surface area contributed by atoms with Gasteiger partial charge in [0.05, 0.1) is 32.8 Å². The minimum atomic E-state index is -1.12. The summed E-state index contributed by atoms with van der Waals surface area (Å²) in [5.41, 5.74) is 0.259. The fourth-order valence-electron chi connectivity index (χ4n) is 5.99. The van der Waals surface area contributed by atoms with Gasteiger partial charge in [0.2, 0.25) is 24.1 Å². The Morgan fingerprint density at radius 2 is 1.93 bits per heavy atom. The highest BCUT2D eigenvalue weighted by atomic mass is 16.7. The Hall–Kier alpha value is -2.67. The van der Waals surface area contributed by atoms with Crippen molar-refractivity contribution in [1.82, 2.24) is 0 Å². The molecule has 1 heterocycles. The molecular weight excluding hydrogens is 376 g/mol. The van der Waals surface area contributed by atoms with Gasteiger partial charge >= 0.3 is 0 Å². The summed E-state index contributed by atoms with van der Waals surface area (Å²) in [6, 6.07) is 1.78. The molecule has 1 aromatic rings. The fraction of sp³-hybridized carbons (Fsp3) is 0.500. The molecule has 7 heteroatoms. The predicted molar refractivity (Wildman–Crippen MR) is 102 cm³/mol. The third kappa shape index (κ3) is 1.77. The molecule has 154 valence electrons. The van der Waals surface area contributed by atoms with Crippen LogP contribution in [0.1, 0.15) is 37.5 Å². The highest BCUT2D eigenvalue weighted by Gasteiger charge is 2.74. The van der Waals surface area contributed by atoms with Gasteiger partial charge in [-0.3, -0.25) is 4.79 Å². The number of Topliss-reactive ketones (excluding diaryl/α,β-unsaturated/α-hetero) is 1. The van der Waals surface area contributed by atoms with Crippen molar-refractivity contribution in [2.45, 2.75) is 31.8 Å². The van der Waals surface area contributed by atoms with Crippen LogP contribution in [0.3, 0.4) is 0 Å². The maximum Gasteiger partial charge on any atom is 0.231 e. The number of ether oxygens (including phenoxy) is 5. The molecule has 1 saturated carbocycles. The average molecular weight is 400 g/mol. The van der Waals surface area contributed by atoms with Gasteiger partial charge in [-0.25, -0.2) is 0 Å². The predicted octanol–water partition coefficient (Wildman–Crippen LogP) is 2.77. The lowest BCUT2D eigenvalue weighted by molar-refractivity contribution is -0.130. The van der Waals surface area contributed by atoms with E-state index in [0.717, 1.165) is 5.57 Å². The van der Waals surface area contributed by atoms with E-state index in [-0.39, 0.29) is 24.3 Å². The first-order valence-corrected chi connectivity index (χ1v) is 9.64. The number of benzene rings is 1. The van der Waals surface area contributed by atoms with Gasteiger partial charge < -0.3 is 28.8 Å². The summed E-state index contributed by atoms with van der Waals surface area (Å²) in [6.45, 7) is 4.10. The monoisotopic (exact) mass is 400 g/mol. The van der Waals surface area contributed by atoms with Crippen LogP contribution in [0.2, 0.25) is 0 Å². The molecule has 0 amide bonds. The molecule has 0 saturated heterocycles. The number of aliphatic hydroxyl groups is 1. The third-order valence-electron chi connectivity index (χ3n) is 7.43. The van der Waals surface area contributed by atoms with Crippen LogP contribution < -0.4 is 14.2 Å². The third-order valence-corrected chi connectivity index (χ3v) is 7.43. The van der Waals surface area contributed by atoms with Crippen LogP contribution in [0.5, 0.6) is 17.2 Å². The summed E-state index contributed by atoms with van der Waals surface area (Å²) >= 11 is 0. The lowest BCUT2D eigenvalue weighted by atomic mass is 9.58. The second-order valence-electron chi connectivity index (χ2n) is 8.25. The standard InChI is InChI=1S/C22H24O7/c1-10-6-11-7-13(25-3)17(26-4)20(24)22(11)15-12(19(23)21(10,22)2)8-14-16(18(15)27-5)29-9-28-14/h7-8,10,19,23H,6,9H2,1-5H3/t10-,19+,21+,22+/m1/s1. The Bertz CT molecular complexity index is 1010. The van der Waals surface area contributed by atoms with Crippen molar-refractivity contribution in [3.63, 3.8) is 0 Å². The Morgan fingerprint density at radius 1 is 1.17 bits per heavy atom. The van der Waals surface area contributed by atoms with Crippen LogP contribution in [0.15, 0.2) is 29.2 Å². The largest absolute Gasteiger partial charge is 0.493 e. The van der Waals surface area contributed by atoms with Crippen molar-refractivity contribution in [2.75, 3.05) is 28.1 Å². The second-order valence-corrected chi connectivity index (χ2v) is 8.25. The number of rotatable bonds is 3. The number of carbonyl (C=O) groups is 1. The average Bonchev–Trinajstić information content (AvgIpc) is 3.32. The Kier molecular flexibility index (Phi) is 3.60. The van der Waals surface area contributed by atoms with Gasteiger partial charge in [-0.05, 0) is 35.6 Å². The molecule has 0 bridgehead atoms. The molecule has 29 heavy (non-hydrogen) atoms. The van der Waals surface area contributed by atoms with Crippen molar-refractivity contribution in [2.24, 2.45) is 11.3 Å². The molecule has 3 aliphatic carbocycles. The van der Waals surface area contributed by atoms with Gasteiger partial charge in [-0.1, -0.05) is 13.8 Å². The SMILES string of the molecule is COC1=C(OC)C(=O)[C@@]23C(=C1)C[C@@H](C)[C@@]2(C)[C@@H](O)c1cc2c(c(OC)c13)OCO2. The van der Waals surface area contributed by atoms with E-state index in [0.29, 0.717) is 40.6 Å². The fourth-order valence-corrected chi connectivity index (χ4v) is 5.99. The van der Waals surface area contributed by atoms with Crippen molar-refractivity contribution < 1.29 is 33.6 Å². The molecule has 0 radical (unpaired) electrons. The summed E-state index contributed by atoms with van der Waals surface area (Å²) in [5.74, 6) is 1.76. The van der Waals surface area contributed by atoms with Gasteiger partial charge in [0, 0.05) is 11.0 Å². The van der Waals surface area contributed by atoms with Crippen molar-refractivity contribution in [1.29, 1.82) is 0 Å². The van der Waals surface area contributed by atoms with E-state index in [1.54, 1.807) is 13.2 Å². The van der Waals surface area contributed by atoms with Crippen molar-refractivity contribution in [3.8, 4) is 17.2 Å². The van der Waals surface area contributed by atoms with Gasteiger partial charge in [0.25, 0.3) is 0 Å². The molecule has 1 fully saturated rings. The Morgan fingerprint density at radius 3 is 2.59 bits per heavy atom. The number of ketones is 1. The van der Waals surface area contributed by atoms with E-state index in [9.17, 15) is 9.90 Å². The van der Waals surface area contributed by atoms with Crippen LogP contribution >= 0.6 is 0 Å². The Balaban J connectivity index is 1.91. The molecule has 0 aromatic heterocycles. The number of allylic oxidation sites excluding steroid dienone is 3. The number of fused-ring (bicyclic) bond motifs is 2. The molecular formula is C22H24O7.